The van der Waals surface area contributed by atoms with Crippen LogP contribution in [-0.2, 0) is 21.5 Å². The first-order valence-electron chi connectivity index (χ1n) is 7.95. The van der Waals surface area contributed by atoms with Gasteiger partial charge < -0.3 is 14.6 Å². The van der Waals surface area contributed by atoms with Crippen LogP contribution in [0.5, 0.6) is 0 Å². The summed E-state index contributed by atoms with van der Waals surface area (Å²) >= 11 is 8.08. The van der Waals surface area contributed by atoms with E-state index in [-0.39, 0.29) is 29.1 Å². The highest BCUT2D eigenvalue weighted by molar-refractivity contribution is 7.99. The van der Waals surface area contributed by atoms with Crippen LogP contribution in [0, 0.1) is 0 Å². The molecular formula is C16H16ClF3N4O3S2. The van der Waals surface area contributed by atoms with Crippen molar-refractivity contribution >= 4 is 52.6 Å². The number of carbonyl (C=O) groups is 2. The number of amides is 2. The molecule has 1 heterocycles. The van der Waals surface area contributed by atoms with Gasteiger partial charge in [-0.1, -0.05) is 23.4 Å². The molecule has 7 nitrogen and oxygen atoms in total. The predicted molar refractivity (Wildman–Crippen MR) is 105 cm³/mol. The third-order valence-corrected chi connectivity index (χ3v) is 5.07. The van der Waals surface area contributed by atoms with Crippen molar-refractivity contribution in [2.24, 2.45) is 0 Å². The highest BCUT2D eigenvalue weighted by atomic mass is 35.5. The second-order valence-corrected chi connectivity index (χ2v) is 7.87. The highest BCUT2D eigenvalue weighted by Crippen LogP contribution is 2.36. The number of carbonyl (C=O) groups excluding carboxylic acids is 2. The van der Waals surface area contributed by atoms with E-state index in [0.717, 1.165) is 28.8 Å². The number of nitrogens with zero attached hydrogens (tertiary/aromatic N) is 3. The molecule has 2 aromatic rings. The Kier molecular flexibility index (Phi) is 8.23. The lowest BCUT2D eigenvalue weighted by Gasteiger charge is -2.17. The molecule has 0 aliphatic rings. The van der Waals surface area contributed by atoms with Crippen molar-refractivity contribution in [1.29, 1.82) is 0 Å². The minimum atomic E-state index is -4.65. The number of hydrogen-bond donors (Lipinski definition) is 1. The Morgan fingerprint density at radius 1 is 1.31 bits per heavy atom. The van der Waals surface area contributed by atoms with Gasteiger partial charge in [0.1, 0.15) is 0 Å². The van der Waals surface area contributed by atoms with Crippen LogP contribution in [0.2, 0.25) is 5.02 Å². The van der Waals surface area contributed by atoms with Crippen molar-refractivity contribution in [3.05, 3.63) is 34.7 Å². The molecule has 0 aliphatic carbocycles. The molecule has 0 radical (unpaired) electrons. The maximum atomic E-state index is 12.9. The lowest BCUT2D eigenvalue weighted by molar-refractivity contribution is -0.137. The maximum absolute atomic E-state index is 12.9. The maximum Gasteiger partial charge on any atom is 0.417 e. The fourth-order valence-corrected chi connectivity index (χ4v) is 3.35. The third-order valence-electron chi connectivity index (χ3n) is 3.40. The van der Waals surface area contributed by atoms with Crippen LogP contribution in [0.4, 0.5) is 18.9 Å². The van der Waals surface area contributed by atoms with E-state index in [9.17, 15) is 22.8 Å². The van der Waals surface area contributed by atoms with Crippen LogP contribution < -0.4 is 5.32 Å². The molecule has 0 bridgehead atoms. The van der Waals surface area contributed by atoms with Crippen LogP contribution in [0.25, 0.3) is 0 Å². The molecule has 0 saturated carbocycles. The highest BCUT2D eigenvalue weighted by Gasteiger charge is 2.33. The van der Waals surface area contributed by atoms with E-state index in [0.29, 0.717) is 11.6 Å². The molecule has 0 spiro atoms. The first kappa shape index (κ1) is 23.4. The molecule has 13 heteroatoms. The molecule has 2 rings (SSSR count). The summed E-state index contributed by atoms with van der Waals surface area (Å²) in [7, 11) is 1.40. The van der Waals surface area contributed by atoms with Gasteiger partial charge in [-0.15, -0.1) is 10.2 Å². The van der Waals surface area contributed by atoms with E-state index in [1.165, 1.54) is 24.9 Å². The molecule has 0 saturated heterocycles. The quantitative estimate of drug-likeness (QED) is 0.589. The number of rotatable bonds is 8. The second kappa shape index (κ2) is 10.2. The molecule has 158 valence electrons. The smallest absolute Gasteiger partial charge is 0.415 e. The zero-order valence-corrected chi connectivity index (χ0v) is 17.6. The third kappa shape index (κ3) is 7.12. The Labute approximate surface area is 177 Å². The first-order chi connectivity index (χ1) is 13.6. The molecule has 29 heavy (non-hydrogen) atoms. The molecule has 0 atom stereocenters. The number of likely N-dealkylation sites (N-methyl/N-ethyl adjacent to an activating group) is 1. The number of benzene rings is 1. The molecule has 1 N–H and O–H groups in total. The zero-order chi connectivity index (χ0) is 21.6. The number of halogens is 4. The monoisotopic (exact) mass is 468 g/mol. The van der Waals surface area contributed by atoms with Crippen molar-refractivity contribution in [3.63, 3.8) is 0 Å². The normalized spacial score (nSPS) is 11.4. The van der Waals surface area contributed by atoms with Gasteiger partial charge in [-0.3, -0.25) is 9.59 Å². The number of hydrogen-bond acceptors (Lipinski definition) is 7. The summed E-state index contributed by atoms with van der Waals surface area (Å²) < 4.78 is 44.0. The standard InChI is InChI=1S/C16H16ClF3N4O3S2/c1-24(14(26)8-29-15-23-22-13(27-15)7-28-2)6-12(25)21-9-3-4-11(17)10(5-9)16(18,19)20/h3-5H,6-8H2,1-2H3,(H,21,25). The summed E-state index contributed by atoms with van der Waals surface area (Å²) in [6, 6.07) is 3.02. The first-order valence-corrected chi connectivity index (χ1v) is 10.7. The summed E-state index contributed by atoms with van der Waals surface area (Å²) in [4.78, 5) is 25.3. The summed E-state index contributed by atoms with van der Waals surface area (Å²) in [5.74, 6) is -0.0730. The lowest BCUT2D eigenvalue weighted by Crippen LogP contribution is -2.36. The molecule has 2 amide bonds. The van der Waals surface area contributed by atoms with Crippen molar-refractivity contribution < 1.29 is 27.2 Å². The zero-order valence-electron chi connectivity index (χ0n) is 15.2. The lowest BCUT2D eigenvalue weighted by atomic mass is 10.2. The van der Waals surface area contributed by atoms with Gasteiger partial charge in [-0.2, -0.15) is 24.9 Å². The molecule has 1 aromatic carbocycles. The van der Waals surface area contributed by atoms with Gasteiger partial charge in [-0.25, -0.2) is 0 Å². The number of alkyl halides is 3. The van der Waals surface area contributed by atoms with Gasteiger partial charge in [0.2, 0.25) is 17.7 Å². The van der Waals surface area contributed by atoms with E-state index in [4.69, 9.17) is 16.0 Å². The van der Waals surface area contributed by atoms with Gasteiger partial charge in [0.15, 0.2) is 0 Å². The Bertz CT molecular complexity index is 879. The average Bonchev–Trinajstić information content (AvgIpc) is 3.08. The fraction of sp³-hybridized carbons (Fsp3) is 0.375. The average molecular weight is 469 g/mol. The van der Waals surface area contributed by atoms with Crippen LogP contribution >= 0.6 is 35.1 Å². The molecule has 0 unspecified atom stereocenters. The summed E-state index contributed by atoms with van der Waals surface area (Å²) in [6.07, 6.45) is -2.76. The Hall–Kier alpha value is -1.92. The van der Waals surface area contributed by atoms with E-state index in [1.807, 2.05) is 6.26 Å². The molecule has 1 aromatic heterocycles. The number of nitrogens with one attached hydrogen (secondary N) is 1. The van der Waals surface area contributed by atoms with Gasteiger partial charge >= 0.3 is 6.18 Å². The minimum Gasteiger partial charge on any atom is -0.415 e. The summed E-state index contributed by atoms with van der Waals surface area (Å²) in [5.41, 5.74) is -1.13. The van der Waals surface area contributed by atoms with Crippen molar-refractivity contribution in [1.82, 2.24) is 15.1 Å². The number of aromatic nitrogens is 2. The van der Waals surface area contributed by atoms with E-state index < -0.39 is 22.7 Å². The van der Waals surface area contributed by atoms with Crippen molar-refractivity contribution in [2.75, 3.05) is 30.9 Å². The summed E-state index contributed by atoms with van der Waals surface area (Å²) in [5, 5.41) is 9.70. The predicted octanol–water partition coefficient (Wildman–Crippen LogP) is 3.79. The van der Waals surface area contributed by atoms with Gasteiger partial charge in [0.25, 0.3) is 5.22 Å². The Balaban J connectivity index is 1.87. The molecule has 0 fully saturated rings. The van der Waals surface area contributed by atoms with Crippen LogP contribution in [-0.4, -0.2) is 52.5 Å². The van der Waals surface area contributed by atoms with Gasteiger partial charge in [0.05, 0.1) is 28.6 Å². The van der Waals surface area contributed by atoms with Crippen LogP contribution in [0.1, 0.15) is 11.5 Å². The molecule has 0 aliphatic heterocycles. The SMILES string of the molecule is CSCc1nnc(SCC(=O)N(C)CC(=O)Nc2ccc(Cl)c(C(F)(F)F)c2)o1. The van der Waals surface area contributed by atoms with Gasteiger partial charge in [0, 0.05) is 12.7 Å². The van der Waals surface area contributed by atoms with Crippen molar-refractivity contribution in [2.45, 2.75) is 17.2 Å². The topological polar surface area (TPSA) is 88.3 Å². The fourth-order valence-electron chi connectivity index (χ4n) is 2.04. The van der Waals surface area contributed by atoms with E-state index in [1.54, 1.807) is 0 Å². The molecular weight excluding hydrogens is 453 g/mol. The number of thioether (sulfide) groups is 2. The van der Waals surface area contributed by atoms with Crippen LogP contribution in [0.15, 0.2) is 27.8 Å². The van der Waals surface area contributed by atoms with Crippen molar-refractivity contribution in [3.8, 4) is 0 Å². The second-order valence-electron chi connectivity index (χ2n) is 5.67. The largest absolute Gasteiger partial charge is 0.417 e. The Morgan fingerprint density at radius 3 is 2.69 bits per heavy atom. The summed E-state index contributed by atoms with van der Waals surface area (Å²) in [6.45, 7) is -0.342. The number of anilines is 1. The minimum absolute atomic E-state index is 0.0378. The van der Waals surface area contributed by atoms with E-state index in [2.05, 4.69) is 15.5 Å². The Morgan fingerprint density at radius 2 is 2.03 bits per heavy atom. The van der Waals surface area contributed by atoms with E-state index >= 15 is 0 Å². The van der Waals surface area contributed by atoms with Gasteiger partial charge in [-0.05, 0) is 24.5 Å². The van der Waals surface area contributed by atoms with Crippen LogP contribution in [0.3, 0.4) is 0 Å².